The Morgan fingerprint density at radius 1 is 1.33 bits per heavy atom. The second kappa shape index (κ2) is 6.26. The number of rotatable bonds is 3. The van der Waals surface area contributed by atoms with Crippen LogP contribution in [0, 0.1) is 0 Å². The molecule has 0 aromatic rings. The third-order valence-corrected chi connectivity index (χ3v) is 0.854. The molecule has 6 nitrogen and oxygen atoms in total. The normalized spacial score (nSPS) is 8.50. The lowest BCUT2D eigenvalue weighted by Crippen LogP contribution is -2.27. The summed E-state index contributed by atoms with van der Waals surface area (Å²) < 4.78 is 13.0. The fraction of sp³-hybridized carbons (Fsp3) is 0.667. The van der Waals surface area contributed by atoms with Crippen molar-refractivity contribution >= 4 is 12.2 Å². The van der Waals surface area contributed by atoms with Gasteiger partial charge in [0.1, 0.15) is 0 Å². The van der Waals surface area contributed by atoms with Crippen LogP contribution in [0.5, 0.6) is 0 Å². The van der Waals surface area contributed by atoms with E-state index in [9.17, 15) is 9.59 Å². The highest BCUT2D eigenvalue weighted by atomic mass is 16.7. The number of ether oxygens (including phenoxy) is 3. The molecule has 0 spiro atoms. The maximum absolute atomic E-state index is 10.5. The van der Waals surface area contributed by atoms with Crippen LogP contribution >= 0.6 is 0 Å². The van der Waals surface area contributed by atoms with Gasteiger partial charge in [0, 0.05) is 0 Å². The van der Waals surface area contributed by atoms with Gasteiger partial charge in [-0.1, -0.05) is 0 Å². The number of alkyl carbamates (subject to hydrolysis) is 1. The van der Waals surface area contributed by atoms with Crippen molar-refractivity contribution < 1.29 is 23.8 Å². The predicted octanol–water partition coefficient (Wildman–Crippen LogP) is 0.473. The highest BCUT2D eigenvalue weighted by Crippen LogP contribution is 1.82. The summed E-state index contributed by atoms with van der Waals surface area (Å²) in [6.07, 6.45) is -1.49. The molecule has 70 valence electrons. The van der Waals surface area contributed by atoms with Gasteiger partial charge in [0.05, 0.1) is 13.7 Å². The summed E-state index contributed by atoms with van der Waals surface area (Å²) in [7, 11) is 1.21. The number of nitrogens with one attached hydrogen (secondary N) is 1. The molecule has 0 saturated carbocycles. The topological polar surface area (TPSA) is 73.9 Å². The zero-order chi connectivity index (χ0) is 9.40. The van der Waals surface area contributed by atoms with Crippen LogP contribution in [0.15, 0.2) is 0 Å². The van der Waals surface area contributed by atoms with Gasteiger partial charge in [0.25, 0.3) is 0 Å². The first kappa shape index (κ1) is 10.5. The van der Waals surface area contributed by atoms with E-state index in [2.05, 4.69) is 19.5 Å². The molecule has 0 aliphatic rings. The minimum Gasteiger partial charge on any atom is -0.453 e. The van der Waals surface area contributed by atoms with Crippen molar-refractivity contribution in [2.45, 2.75) is 6.92 Å². The second-order valence-corrected chi connectivity index (χ2v) is 1.64. The fourth-order valence-corrected chi connectivity index (χ4v) is 0.386. The summed E-state index contributed by atoms with van der Waals surface area (Å²) in [6.45, 7) is 1.62. The molecule has 0 bridgehead atoms. The summed E-state index contributed by atoms with van der Waals surface area (Å²) in [5.41, 5.74) is 0. The third kappa shape index (κ3) is 5.33. The molecule has 0 rings (SSSR count). The van der Waals surface area contributed by atoms with Gasteiger partial charge in [-0.2, -0.15) is 0 Å². The zero-order valence-electron chi connectivity index (χ0n) is 6.96. The number of hydrogen-bond acceptors (Lipinski definition) is 5. The maximum atomic E-state index is 10.5. The lowest BCUT2D eigenvalue weighted by molar-refractivity contribution is 0.0527. The maximum Gasteiger partial charge on any atom is 0.509 e. The Morgan fingerprint density at radius 3 is 2.50 bits per heavy atom. The van der Waals surface area contributed by atoms with E-state index >= 15 is 0 Å². The van der Waals surface area contributed by atoms with Gasteiger partial charge in [0.2, 0.25) is 0 Å². The molecule has 1 amide bonds. The van der Waals surface area contributed by atoms with Crippen LogP contribution < -0.4 is 5.32 Å². The Balaban J connectivity index is 3.30. The average molecular weight is 177 g/mol. The Labute approximate surface area is 69.8 Å². The highest BCUT2D eigenvalue weighted by Gasteiger charge is 2.02. The second-order valence-electron chi connectivity index (χ2n) is 1.64. The Kier molecular flexibility index (Phi) is 5.50. The van der Waals surface area contributed by atoms with Crippen molar-refractivity contribution in [3.8, 4) is 0 Å². The van der Waals surface area contributed by atoms with Gasteiger partial charge < -0.3 is 14.2 Å². The molecule has 0 aromatic heterocycles. The van der Waals surface area contributed by atoms with E-state index < -0.39 is 12.2 Å². The van der Waals surface area contributed by atoms with Crippen LogP contribution in [0.1, 0.15) is 6.92 Å². The molecule has 0 aliphatic carbocycles. The summed E-state index contributed by atoms with van der Waals surface area (Å²) in [6, 6.07) is 0. The molecule has 0 atom stereocenters. The highest BCUT2D eigenvalue weighted by molar-refractivity contribution is 5.67. The first-order valence-electron chi connectivity index (χ1n) is 3.32. The molecule has 0 unspecified atom stereocenters. The van der Waals surface area contributed by atoms with E-state index in [1.54, 1.807) is 6.92 Å². The van der Waals surface area contributed by atoms with Gasteiger partial charge >= 0.3 is 12.2 Å². The lowest BCUT2D eigenvalue weighted by Gasteiger charge is -2.04. The molecule has 0 radical (unpaired) electrons. The van der Waals surface area contributed by atoms with Crippen LogP contribution in [-0.2, 0) is 14.2 Å². The van der Waals surface area contributed by atoms with Crippen LogP contribution in [0.4, 0.5) is 9.59 Å². The van der Waals surface area contributed by atoms with Crippen LogP contribution in [0.25, 0.3) is 0 Å². The van der Waals surface area contributed by atoms with Gasteiger partial charge in [-0.05, 0) is 6.92 Å². The summed E-state index contributed by atoms with van der Waals surface area (Å²) in [4.78, 5) is 20.9. The molecule has 0 saturated heterocycles. The molecule has 0 aromatic carbocycles. The molecule has 0 heterocycles. The summed E-state index contributed by atoms with van der Waals surface area (Å²) >= 11 is 0. The van der Waals surface area contributed by atoms with Crippen molar-refractivity contribution in [1.82, 2.24) is 5.32 Å². The standard InChI is InChI=1S/C6H11NO5/c1-3-11-6(9)12-4-7-5(8)10-2/h3-4H2,1-2H3,(H,7,8). The Hall–Kier alpha value is -1.46. The third-order valence-electron chi connectivity index (χ3n) is 0.854. The van der Waals surface area contributed by atoms with Crippen LogP contribution in [-0.4, -0.2) is 32.7 Å². The van der Waals surface area contributed by atoms with E-state index in [0.29, 0.717) is 0 Å². The van der Waals surface area contributed by atoms with Crippen molar-refractivity contribution in [3.05, 3.63) is 0 Å². The van der Waals surface area contributed by atoms with E-state index in [1.165, 1.54) is 7.11 Å². The van der Waals surface area contributed by atoms with Gasteiger partial charge in [0.15, 0.2) is 6.73 Å². The van der Waals surface area contributed by atoms with Crippen molar-refractivity contribution in [2.75, 3.05) is 20.4 Å². The number of hydrogen-bond donors (Lipinski definition) is 1. The number of methoxy groups -OCH3 is 1. The minimum atomic E-state index is -0.825. The summed E-state index contributed by atoms with van der Waals surface area (Å²) in [5, 5.41) is 2.14. The molecule has 0 fully saturated rings. The van der Waals surface area contributed by atoms with Crippen molar-refractivity contribution in [1.29, 1.82) is 0 Å². The van der Waals surface area contributed by atoms with E-state index in [1.807, 2.05) is 0 Å². The van der Waals surface area contributed by atoms with Gasteiger partial charge in [-0.15, -0.1) is 0 Å². The minimum absolute atomic E-state index is 0.233. The smallest absolute Gasteiger partial charge is 0.453 e. The van der Waals surface area contributed by atoms with E-state index in [4.69, 9.17) is 0 Å². The molecule has 1 N–H and O–H groups in total. The monoisotopic (exact) mass is 177 g/mol. The summed E-state index contributed by atoms with van der Waals surface area (Å²) in [5.74, 6) is 0. The lowest BCUT2D eigenvalue weighted by atomic mass is 10.9. The van der Waals surface area contributed by atoms with E-state index in [0.717, 1.165) is 0 Å². The fourth-order valence-electron chi connectivity index (χ4n) is 0.386. The first-order valence-corrected chi connectivity index (χ1v) is 3.32. The van der Waals surface area contributed by atoms with Crippen molar-refractivity contribution in [2.24, 2.45) is 0 Å². The van der Waals surface area contributed by atoms with Crippen molar-refractivity contribution in [3.63, 3.8) is 0 Å². The molecule has 12 heavy (non-hydrogen) atoms. The molecule has 0 aliphatic heterocycles. The molecular formula is C6H11NO5. The number of carbonyl (C=O) groups is 2. The number of amides is 1. The molecular weight excluding hydrogens is 166 g/mol. The predicted molar refractivity (Wildman–Crippen MR) is 38.5 cm³/mol. The zero-order valence-corrected chi connectivity index (χ0v) is 6.96. The first-order chi connectivity index (χ1) is 5.70. The largest absolute Gasteiger partial charge is 0.509 e. The van der Waals surface area contributed by atoms with Gasteiger partial charge in [-0.25, -0.2) is 9.59 Å². The van der Waals surface area contributed by atoms with Crippen LogP contribution in [0.3, 0.4) is 0 Å². The Bertz CT molecular complexity index is 158. The number of carbonyl (C=O) groups excluding carboxylic acids is 2. The van der Waals surface area contributed by atoms with Crippen LogP contribution in [0.2, 0.25) is 0 Å². The van der Waals surface area contributed by atoms with E-state index in [-0.39, 0.29) is 13.3 Å². The SMILES string of the molecule is CCOC(=O)OCNC(=O)OC. The quantitative estimate of drug-likeness (QED) is 0.501. The Morgan fingerprint density at radius 2 is 2.00 bits per heavy atom. The average Bonchev–Trinajstić information content (AvgIpc) is 2.04. The molecule has 6 heteroatoms. The van der Waals surface area contributed by atoms with Gasteiger partial charge in [-0.3, -0.25) is 5.32 Å².